The van der Waals surface area contributed by atoms with Gasteiger partial charge in [0.15, 0.2) is 0 Å². The van der Waals surface area contributed by atoms with Crippen LogP contribution in [0.4, 0.5) is 5.69 Å². The third-order valence-electron chi connectivity index (χ3n) is 5.92. The van der Waals surface area contributed by atoms with E-state index in [0.717, 1.165) is 27.3 Å². The van der Waals surface area contributed by atoms with Gasteiger partial charge in [0.05, 0.1) is 5.92 Å². The average molecular weight is 470 g/mol. The number of aromatic carboxylic acids is 1. The molecule has 170 valence electrons. The molecule has 5 rings (SSSR count). The van der Waals surface area contributed by atoms with E-state index in [-0.39, 0.29) is 5.92 Å². The van der Waals surface area contributed by atoms with Gasteiger partial charge in [0.1, 0.15) is 4.88 Å². The number of hydrogen-bond donors (Lipinski definition) is 2. The van der Waals surface area contributed by atoms with Crippen molar-refractivity contribution in [2.45, 2.75) is 26.3 Å². The lowest BCUT2D eigenvalue weighted by molar-refractivity contribution is 0.0702. The zero-order valence-electron chi connectivity index (χ0n) is 18.8. The van der Waals surface area contributed by atoms with Crippen LogP contribution in [-0.4, -0.2) is 21.2 Å². The molecule has 0 fully saturated rings. The number of fused-ring (bicyclic) bond motifs is 1. The third-order valence-corrected chi connectivity index (χ3v) is 6.99. The van der Waals surface area contributed by atoms with Crippen LogP contribution in [-0.2, 0) is 6.54 Å². The van der Waals surface area contributed by atoms with Crippen molar-refractivity contribution < 1.29 is 14.4 Å². The molecule has 2 N–H and O–H groups in total. The Balaban J connectivity index is 1.38. The average Bonchev–Trinajstić information content (AvgIpc) is 3.53. The van der Waals surface area contributed by atoms with Crippen LogP contribution in [0, 0.1) is 6.92 Å². The van der Waals surface area contributed by atoms with E-state index in [1.54, 1.807) is 6.07 Å². The lowest BCUT2D eigenvalue weighted by Gasteiger charge is -2.11. The summed E-state index contributed by atoms with van der Waals surface area (Å²) in [4.78, 5) is 17.1. The number of carboxylic acid groups (broad SMARTS) is 1. The fourth-order valence-corrected chi connectivity index (χ4v) is 4.82. The molecule has 3 aromatic carbocycles. The minimum atomic E-state index is -0.903. The van der Waals surface area contributed by atoms with Crippen LogP contribution in [0.15, 0.2) is 77.3 Å². The Labute approximate surface area is 200 Å². The first kappa shape index (κ1) is 21.9. The molecule has 5 aromatic rings. The molecule has 0 saturated heterocycles. The number of rotatable bonds is 7. The normalized spacial score (nSPS) is 12.1. The zero-order valence-corrected chi connectivity index (χ0v) is 19.6. The van der Waals surface area contributed by atoms with Crippen molar-refractivity contribution in [3.8, 4) is 11.4 Å². The second kappa shape index (κ2) is 9.11. The quantitative estimate of drug-likeness (QED) is 0.275. The van der Waals surface area contributed by atoms with E-state index in [0.29, 0.717) is 23.1 Å². The Morgan fingerprint density at radius 1 is 1.09 bits per heavy atom. The largest absolute Gasteiger partial charge is 0.477 e. The molecule has 0 aliphatic carbocycles. The first-order chi connectivity index (χ1) is 16.5. The molecule has 0 spiro atoms. The number of hydrogen-bond acceptors (Lipinski definition) is 6. The van der Waals surface area contributed by atoms with Crippen molar-refractivity contribution in [1.82, 2.24) is 10.1 Å². The molecule has 0 saturated carbocycles. The summed E-state index contributed by atoms with van der Waals surface area (Å²) in [5, 5.41) is 19.1. The van der Waals surface area contributed by atoms with Gasteiger partial charge in [0, 0.05) is 22.7 Å². The number of carboxylic acids is 1. The van der Waals surface area contributed by atoms with Crippen LogP contribution in [0.3, 0.4) is 0 Å². The predicted octanol–water partition coefficient (Wildman–Crippen LogP) is 6.72. The summed E-state index contributed by atoms with van der Waals surface area (Å²) in [5.74, 6) is 0.173. The van der Waals surface area contributed by atoms with Crippen LogP contribution < -0.4 is 5.32 Å². The van der Waals surface area contributed by atoms with E-state index < -0.39 is 5.97 Å². The molecule has 1 atom stereocenters. The zero-order chi connectivity index (χ0) is 23.7. The molecule has 0 aliphatic heterocycles. The summed E-state index contributed by atoms with van der Waals surface area (Å²) in [5.41, 5.74) is 3.99. The summed E-state index contributed by atoms with van der Waals surface area (Å²) in [6, 6.07) is 24.0. The van der Waals surface area contributed by atoms with E-state index in [4.69, 9.17) is 14.6 Å². The van der Waals surface area contributed by atoms with Gasteiger partial charge in [-0.25, -0.2) is 4.79 Å². The number of thiophene rings is 1. The van der Waals surface area contributed by atoms with Crippen LogP contribution in [0.5, 0.6) is 0 Å². The highest BCUT2D eigenvalue weighted by molar-refractivity contribution is 7.13. The number of nitrogens with one attached hydrogen (secondary N) is 1. The molecule has 7 heteroatoms. The lowest BCUT2D eigenvalue weighted by atomic mass is 9.95. The van der Waals surface area contributed by atoms with Gasteiger partial charge in [-0.1, -0.05) is 53.7 Å². The van der Waals surface area contributed by atoms with Gasteiger partial charge < -0.3 is 14.9 Å². The predicted molar refractivity (Wildman–Crippen MR) is 135 cm³/mol. The molecule has 0 amide bonds. The number of anilines is 1. The second-order valence-electron chi connectivity index (χ2n) is 8.20. The van der Waals surface area contributed by atoms with E-state index in [1.807, 2.05) is 43.3 Å². The molecular formula is C27H23N3O3S. The van der Waals surface area contributed by atoms with E-state index in [9.17, 15) is 4.79 Å². The molecule has 0 aliphatic rings. The highest BCUT2D eigenvalue weighted by Crippen LogP contribution is 2.32. The van der Waals surface area contributed by atoms with Crippen molar-refractivity contribution in [2.24, 2.45) is 0 Å². The fourth-order valence-electron chi connectivity index (χ4n) is 4.03. The van der Waals surface area contributed by atoms with Crippen LogP contribution in [0.1, 0.15) is 44.4 Å². The van der Waals surface area contributed by atoms with Gasteiger partial charge in [-0.05, 0) is 60.0 Å². The summed E-state index contributed by atoms with van der Waals surface area (Å²) < 4.78 is 5.70. The second-order valence-corrected chi connectivity index (χ2v) is 9.37. The van der Waals surface area contributed by atoms with Gasteiger partial charge in [-0.3, -0.25) is 0 Å². The van der Waals surface area contributed by atoms with Crippen LogP contribution >= 0.6 is 11.3 Å². The Kier molecular flexibility index (Phi) is 5.86. The van der Waals surface area contributed by atoms with Gasteiger partial charge in [-0.2, -0.15) is 4.98 Å². The lowest BCUT2D eigenvalue weighted by Crippen LogP contribution is -1.99. The van der Waals surface area contributed by atoms with Crippen molar-refractivity contribution in [2.75, 3.05) is 5.32 Å². The fraction of sp³-hybridized carbons (Fsp3) is 0.148. The Bertz CT molecular complexity index is 1480. The minimum Gasteiger partial charge on any atom is -0.477 e. The number of nitrogens with zero attached hydrogens (tertiary/aromatic N) is 2. The van der Waals surface area contributed by atoms with E-state index in [2.05, 4.69) is 47.7 Å². The molecule has 1 unspecified atom stereocenters. The Morgan fingerprint density at radius 2 is 1.91 bits per heavy atom. The van der Waals surface area contributed by atoms with E-state index >= 15 is 0 Å². The van der Waals surface area contributed by atoms with Crippen molar-refractivity contribution in [3.05, 3.63) is 99.6 Å². The number of aryl methyl sites for hydroxylation is 1. The first-order valence-corrected chi connectivity index (χ1v) is 11.8. The van der Waals surface area contributed by atoms with Gasteiger partial charge in [-0.15, -0.1) is 11.3 Å². The summed E-state index contributed by atoms with van der Waals surface area (Å²) in [6.07, 6.45) is 0. The molecule has 2 aromatic heterocycles. The third kappa shape index (κ3) is 4.30. The minimum absolute atomic E-state index is 0.0452. The highest BCUT2D eigenvalue weighted by atomic mass is 32.1. The maximum Gasteiger partial charge on any atom is 0.345 e. The number of carbonyl (C=O) groups is 1. The topological polar surface area (TPSA) is 88.2 Å². The van der Waals surface area contributed by atoms with Gasteiger partial charge >= 0.3 is 5.97 Å². The standard InChI is InChI=1S/C27H23N3O3S/c1-16-10-11-19(28-15-20-12-13-24(34-20)27(31)32)14-23(16)25-29-26(33-30-25)17(2)21-9-5-7-18-6-3-4-8-22(18)21/h3-14,17,28H,15H2,1-2H3,(H,31,32). The van der Waals surface area contributed by atoms with Crippen LogP contribution in [0.2, 0.25) is 0 Å². The maximum atomic E-state index is 11.1. The monoisotopic (exact) mass is 469 g/mol. The Morgan fingerprint density at radius 3 is 2.74 bits per heavy atom. The molecule has 0 bridgehead atoms. The van der Waals surface area contributed by atoms with Crippen molar-refractivity contribution >= 4 is 33.8 Å². The van der Waals surface area contributed by atoms with Crippen molar-refractivity contribution in [3.63, 3.8) is 0 Å². The van der Waals surface area contributed by atoms with Crippen molar-refractivity contribution in [1.29, 1.82) is 0 Å². The van der Waals surface area contributed by atoms with Gasteiger partial charge in [0.25, 0.3) is 0 Å². The molecule has 0 radical (unpaired) electrons. The molecular weight excluding hydrogens is 446 g/mol. The van der Waals surface area contributed by atoms with E-state index in [1.165, 1.54) is 22.1 Å². The Hall–Kier alpha value is -3.97. The molecule has 34 heavy (non-hydrogen) atoms. The highest BCUT2D eigenvalue weighted by Gasteiger charge is 2.20. The van der Waals surface area contributed by atoms with Gasteiger partial charge in [0.2, 0.25) is 11.7 Å². The maximum absolute atomic E-state index is 11.1. The smallest absolute Gasteiger partial charge is 0.345 e. The summed E-state index contributed by atoms with van der Waals surface area (Å²) in [7, 11) is 0. The summed E-state index contributed by atoms with van der Waals surface area (Å²) in [6.45, 7) is 4.63. The SMILES string of the molecule is Cc1ccc(NCc2ccc(C(=O)O)s2)cc1-c1noc(C(C)c2cccc3ccccc23)n1. The summed E-state index contributed by atoms with van der Waals surface area (Å²) >= 11 is 1.27. The number of aromatic nitrogens is 2. The first-order valence-electron chi connectivity index (χ1n) is 11.0. The number of benzene rings is 3. The van der Waals surface area contributed by atoms with Crippen LogP contribution in [0.25, 0.3) is 22.2 Å². The molecule has 2 heterocycles. The molecule has 6 nitrogen and oxygen atoms in total.